The molecular formula is C33H28ClF2N3O4. The number of hydrogen-bond acceptors (Lipinski definition) is 5. The summed E-state index contributed by atoms with van der Waals surface area (Å²) in [6.45, 7) is 5.13. The van der Waals surface area contributed by atoms with Gasteiger partial charge in [-0.2, -0.15) is 0 Å². The zero-order valence-corrected chi connectivity index (χ0v) is 24.2. The number of fused-ring (bicyclic) bond motifs is 1. The number of carboxylic acid groups (broad SMARTS) is 1. The Balaban J connectivity index is 1.28. The lowest BCUT2D eigenvalue weighted by molar-refractivity contribution is 0.0697. The molecule has 1 aliphatic heterocycles. The summed E-state index contributed by atoms with van der Waals surface area (Å²) in [5.41, 5.74) is 3.05. The van der Waals surface area contributed by atoms with Gasteiger partial charge in [0.1, 0.15) is 24.1 Å². The number of imidazole rings is 1. The van der Waals surface area contributed by atoms with E-state index in [9.17, 15) is 14.3 Å². The van der Waals surface area contributed by atoms with Gasteiger partial charge in [-0.1, -0.05) is 49.7 Å². The van der Waals surface area contributed by atoms with Crippen LogP contribution in [0.5, 0.6) is 5.88 Å². The van der Waals surface area contributed by atoms with Crippen LogP contribution in [0.1, 0.15) is 47.2 Å². The average molecular weight is 604 g/mol. The van der Waals surface area contributed by atoms with Crippen molar-refractivity contribution in [1.29, 1.82) is 0 Å². The van der Waals surface area contributed by atoms with E-state index in [0.717, 1.165) is 0 Å². The van der Waals surface area contributed by atoms with Crippen molar-refractivity contribution in [3.05, 3.63) is 112 Å². The maximum absolute atomic E-state index is 15.6. The van der Waals surface area contributed by atoms with Crippen molar-refractivity contribution in [2.45, 2.75) is 32.9 Å². The van der Waals surface area contributed by atoms with Crippen molar-refractivity contribution in [2.24, 2.45) is 5.41 Å². The predicted octanol–water partition coefficient (Wildman–Crippen LogP) is 7.50. The third kappa shape index (κ3) is 5.83. The van der Waals surface area contributed by atoms with Crippen LogP contribution in [-0.4, -0.2) is 38.8 Å². The van der Waals surface area contributed by atoms with Crippen LogP contribution in [0.2, 0.25) is 5.02 Å². The van der Waals surface area contributed by atoms with E-state index in [4.69, 9.17) is 26.1 Å². The molecule has 0 amide bonds. The van der Waals surface area contributed by atoms with Gasteiger partial charge in [0.2, 0.25) is 5.88 Å². The Morgan fingerprint density at radius 3 is 2.56 bits per heavy atom. The van der Waals surface area contributed by atoms with Crippen molar-refractivity contribution >= 4 is 28.6 Å². The van der Waals surface area contributed by atoms with Crippen LogP contribution in [0.3, 0.4) is 0 Å². The van der Waals surface area contributed by atoms with Gasteiger partial charge in [-0.15, -0.1) is 0 Å². The molecule has 0 spiro atoms. The van der Waals surface area contributed by atoms with Crippen LogP contribution in [-0.2, 0) is 17.8 Å². The van der Waals surface area contributed by atoms with Crippen LogP contribution in [0.25, 0.3) is 22.3 Å². The molecule has 43 heavy (non-hydrogen) atoms. The lowest BCUT2D eigenvalue weighted by Crippen LogP contribution is -2.27. The van der Waals surface area contributed by atoms with Crippen LogP contribution in [0.4, 0.5) is 8.78 Å². The molecule has 2 aromatic heterocycles. The first-order valence-corrected chi connectivity index (χ1v) is 14.1. The fourth-order valence-electron chi connectivity index (χ4n) is 5.39. The standard InChI is InChI=1S/C33H28ClF2N3O4/c1-33(2)18-42-17-29(33)39-28-13-21(32(40)41)9-11-27(28)37-30(39)14-19-6-7-20(12-24(19)35)26-4-3-5-31(38-26)43-16-22-8-10-23(34)15-25(22)36/h3-13,15,29H,14,16-18H2,1-2H3,(H,40,41)/t29-/m1/s1. The summed E-state index contributed by atoms with van der Waals surface area (Å²) in [6, 6.07) is 19.1. The third-order valence-electron chi connectivity index (χ3n) is 7.78. The molecular weight excluding hydrogens is 576 g/mol. The molecule has 3 heterocycles. The van der Waals surface area contributed by atoms with Crippen LogP contribution in [0.15, 0.2) is 72.8 Å². The Morgan fingerprint density at radius 1 is 1.05 bits per heavy atom. The van der Waals surface area contributed by atoms with Crippen molar-refractivity contribution in [3.63, 3.8) is 0 Å². The van der Waals surface area contributed by atoms with E-state index < -0.39 is 17.6 Å². The molecule has 6 rings (SSSR count). The van der Waals surface area contributed by atoms with Gasteiger partial charge < -0.3 is 19.1 Å². The lowest BCUT2D eigenvalue weighted by Gasteiger charge is -2.28. The number of pyridine rings is 1. The molecule has 1 saturated heterocycles. The molecule has 10 heteroatoms. The van der Waals surface area contributed by atoms with Crippen LogP contribution >= 0.6 is 11.6 Å². The highest BCUT2D eigenvalue weighted by Gasteiger charge is 2.39. The van der Waals surface area contributed by atoms with Gasteiger partial charge in [-0.3, -0.25) is 0 Å². The van der Waals surface area contributed by atoms with Crippen LogP contribution < -0.4 is 4.74 Å². The Bertz CT molecular complexity index is 1860. The number of carboxylic acids is 1. The van der Waals surface area contributed by atoms with E-state index in [1.165, 1.54) is 18.2 Å². The number of ether oxygens (including phenoxy) is 2. The van der Waals surface area contributed by atoms with Crippen molar-refractivity contribution in [2.75, 3.05) is 13.2 Å². The summed E-state index contributed by atoms with van der Waals surface area (Å²) in [6.07, 6.45) is 0.193. The summed E-state index contributed by atoms with van der Waals surface area (Å²) < 4.78 is 43.2. The number of rotatable bonds is 8. The first-order valence-electron chi connectivity index (χ1n) is 13.7. The first-order chi connectivity index (χ1) is 20.6. The molecule has 1 N–H and O–H groups in total. The van der Waals surface area contributed by atoms with Crippen LogP contribution in [0, 0.1) is 17.0 Å². The predicted molar refractivity (Wildman–Crippen MR) is 159 cm³/mol. The molecule has 1 atom stereocenters. The summed E-state index contributed by atoms with van der Waals surface area (Å²) in [7, 11) is 0. The molecule has 7 nitrogen and oxygen atoms in total. The molecule has 1 fully saturated rings. The molecule has 0 aliphatic carbocycles. The number of benzene rings is 3. The minimum Gasteiger partial charge on any atom is -0.478 e. The highest BCUT2D eigenvalue weighted by molar-refractivity contribution is 6.30. The zero-order chi connectivity index (χ0) is 30.3. The average Bonchev–Trinajstić information content (AvgIpc) is 3.50. The Kier molecular flexibility index (Phi) is 7.62. The highest BCUT2D eigenvalue weighted by atomic mass is 35.5. The summed E-state index contributed by atoms with van der Waals surface area (Å²) in [5, 5.41) is 9.88. The second-order valence-electron chi connectivity index (χ2n) is 11.3. The number of nitrogens with zero attached hydrogens (tertiary/aromatic N) is 3. The van der Waals surface area contributed by atoms with Gasteiger partial charge in [0.25, 0.3) is 0 Å². The van der Waals surface area contributed by atoms with Gasteiger partial charge >= 0.3 is 5.97 Å². The molecule has 5 aromatic rings. The maximum Gasteiger partial charge on any atom is 0.335 e. The quantitative estimate of drug-likeness (QED) is 0.198. The maximum atomic E-state index is 15.6. The van der Waals surface area contributed by atoms with Gasteiger partial charge in [0.05, 0.1) is 41.5 Å². The SMILES string of the molecule is CC1(C)COC[C@H]1n1c(Cc2ccc(-c3cccc(OCc4ccc(Cl)cc4F)n3)cc2F)nc2ccc(C(=O)O)cc21. The smallest absolute Gasteiger partial charge is 0.335 e. The molecule has 0 radical (unpaired) electrons. The number of aromatic carboxylic acids is 1. The fourth-order valence-corrected chi connectivity index (χ4v) is 5.55. The van der Waals surface area contributed by atoms with E-state index in [1.807, 2.05) is 4.57 Å². The van der Waals surface area contributed by atoms with Gasteiger partial charge in [0.15, 0.2) is 0 Å². The Labute approximate surface area is 251 Å². The van der Waals surface area contributed by atoms with Gasteiger partial charge in [-0.05, 0) is 48.0 Å². The van der Waals surface area contributed by atoms with E-state index in [-0.39, 0.29) is 35.9 Å². The largest absolute Gasteiger partial charge is 0.478 e. The van der Waals surface area contributed by atoms with E-state index in [1.54, 1.807) is 54.6 Å². The Morgan fingerprint density at radius 2 is 1.84 bits per heavy atom. The van der Waals surface area contributed by atoms with Gasteiger partial charge in [-0.25, -0.2) is 23.5 Å². The second kappa shape index (κ2) is 11.4. The van der Waals surface area contributed by atoms with Crippen molar-refractivity contribution < 1.29 is 28.2 Å². The minimum absolute atomic E-state index is 0.0371. The number of hydrogen-bond donors (Lipinski definition) is 1. The van der Waals surface area contributed by atoms with E-state index in [0.29, 0.717) is 57.5 Å². The molecule has 220 valence electrons. The molecule has 0 bridgehead atoms. The van der Waals surface area contributed by atoms with Crippen molar-refractivity contribution in [3.8, 4) is 17.1 Å². The lowest BCUT2D eigenvalue weighted by atomic mass is 9.87. The van der Waals surface area contributed by atoms with Crippen molar-refractivity contribution in [1.82, 2.24) is 14.5 Å². The highest BCUT2D eigenvalue weighted by Crippen LogP contribution is 2.40. The molecule has 0 unspecified atom stereocenters. The monoisotopic (exact) mass is 603 g/mol. The fraction of sp³-hybridized carbons (Fsp3) is 0.242. The molecule has 1 aliphatic rings. The second-order valence-corrected chi connectivity index (χ2v) is 11.7. The van der Waals surface area contributed by atoms with Gasteiger partial charge in [0, 0.05) is 34.1 Å². The topological polar surface area (TPSA) is 86.5 Å². The minimum atomic E-state index is -1.03. The number of halogens is 3. The summed E-state index contributed by atoms with van der Waals surface area (Å²) in [4.78, 5) is 21.0. The Hall–Kier alpha value is -4.34. The normalized spacial score (nSPS) is 16.1. The molecule has 0 saturated carbocycles. The van der Waals surface area contributed by atoms with E-state index >= 15 is 4.39 Å². The first kappa shape index (κ1) is 28.8. The zero-order valence-electron chi connectivity index (χ0n) is 23.5. The summed E-state index contributed by atoms with van der Waals surface area (Å²) in [5.74, 6) is -1.04. The number of carbonyl (C=O) groups is 1. The number of aromatic nitrogens is 3. The molecule has 3 aromatic carbocycles. The summed E-state index contributed by atoms with van der Waals surface area (Å²) >= 11 is 5.82. The third-order valence-corrected chi connectivity index (χ3v) is 8.02. The van der Waals surface area contributed by atoms with E-state index in [2.05, 4.69) is 18.8 Å².